The van der Waals surface area contributed by atoms with Gasteiger partial charge in [-0.15, -0.1) is 0 Å². The monoisotopic (exact) mass is 450 g/mol. The Labute approximate surface area is 191 Å². The zero-order chi connectivity index (χ0) is 22.0. The molecule has 0 saturated heterocycles. The van der Waals surface area contributed by atoms with E-state index in [1.165, 1.54) is 0 Å². The molecule has 6 heteroatoms. The van der Waals surface area contributed by atoms with Crippen LogP contribution in [0.5, 0.6) is 0 Å². The topological polar surface area (TPSA) is 44.1 Å². The van der Waals surface area contributed by atoms with Crippen molar-refractivity contribution in [3.63, 3.8) is 0 Å². The van der Waals surface area contributed by atoms with Gasteiger partial charge in [-0.05, 0) is 62.2 Å². The lowest BCUT2D eigenvalue weighted by molar-refractivity contribution is -0.142. The third kappa shape index (κ3) is 4.63. The molecule has 4 rings (SSSR count). The minimum Gasteiger partial charge on any atom is -0.466 e. The SMILES string of the molecule is CCOC(=O)Cc1cccc(Sc2c(C)n(-c3cncc(C)c3)c3cc(Cl)ccc23)c1. The van der Waals surface area contributed by atoms with Gasteiger partial charge in [0.15, 0.2) is 0 Å². The number of ether oxygens (including phenoxy) is 1. The van der Waals surface area contributed by atoms with Gasteiger partial charge >= 0.3 is 5.97 Å². The van der Waals surface area contributed by atoms with E-state index in [0.717, 1.165) is 43.2 Å². The molecule has 2 aromatic carbocycles. The van der Waals surface area contributed by atoms with Crippen LogP contribution in [0, 0.1) is 13.8 Å². The molecule has 0 atom stereocenters. The maximum absolute atomic E-state index is 11.9. The number of carbonyl (C=O) groups is 1. The maximum Gasteiger partial charge on any atom is 0.310 e. The first kappa shape index (κ1) is 21.5. The van der Waals surface area contributed by atoms with Crippen LogP contribution in [0.2, 0.25) is 5.02 Å². The lowest BCUT2D eigenvalue weighted by atomic mass is 10.1. The summed E-state index contributed by atoms with van der Waals surface area (Å²) in [5.41, 5.74) is 5.21. The Morgan fingerprint density at radius 3 is 2.74 bits per heavy atom. The number of hydrogen-bond acceptors (Lipinski definition) is 4. The highest BCUT2D eigenvalue weighted by Crippen LogP contribution is 2.40. The maximum atomic E-state index is 11.9. The van der Waals surface area contributed by atoms with Gasteiger partial charge in [0.05, 0.1) is 30.4 Å². The molecule has 0 N–H and O–H groups in total. The van der Waals surface area contributed by atoms with Gasteiger partial charge in [-0.1, -0.05) is 41.6 Å². The summed E-state index contributed by atoms with van der Waals surface area (Å²) in [6.45, 7) is 6.36. The highest BCUT2D eigenvalue weighted by atomic mass is 35.5. The molecule has 0 spiro atoms. The van der Waals surface area contributed by atoms with Crippen LogP contribution in [0.25, 0.3) is 16.6 Å². The summed E-state index contributed by atoms with van der Waals surface area (Å²) in [6.07, 6.45) is 3.99. The molecule has 0 amide bonds. The highest BCUT2D eigenvalue weighted by Gasteiger charge is 2.17. The summed E-state index contributed by atoms with van der Waals surface area (Å²) >= 11 is 8.03. The molecule has 4 nitrogen and oxygen atoms in total. The van der Waals surface area contributed by atoms with E-state index in [2.05, 4.69) is 34.7 Å². The van der Waals surface area contributed by atoms with Crippen molar-refractivity contribution in [2.45, 2.75) is 37.0 Å². The molecule has 4 aromatic rings. The largest absolute Gasteiger partial charge is 0.466 e. The fraction of sp³-hybridized carbons (Fsp3) is 0.200. The first-order valence-electron chi connectivity index (χ1n) is 10.1. The number of fused-ring (bicyclic) bond motifs is 1. The summed E-state index contributed by atoms with van der Waals surface area (Å²) in [7, 11) is 0. The third-order valence-corrected chi connectivity index (χ3v) is 6.44. The van der Waals surface area contributed by atoms with Gasteiger partial charge in [-0.2, -0.15) is 0 Å². The lowest BCUT2D eigenvalue weighted by Crippen LogP contribution is -2.07. The van der Waals surface area contributed by atoms with E-state index in [4.69, 9.17) is 16.3 Å². The molecule has 0 bridgehead atoms. The van der Waals surface area contributed by atoms with Crippen molar-refractivity contribution in [3.05, 3.63) is 82.8 Å². The average Bonchev–Trinajstić information content (AvgIpc) is 2.99. The van der Waals surface area contributed by atoms with Gasteiger partial charge < -0.3 is 9.30 Å². The van der Waals surface area contributed by atoms with E-state index in [1.807, 2.05) is 56.6 Å². The number of carbonyl (C=O) groups excluding carboxylic acids is 1. The molecule has 0 unspecified atom stereocenters. The number of esters is 1. The molecule has 158 valence electrons. The van der Waals surface area contributed by atoms with Gasteiger partial charge in [-0.3, -0.25) is 9.78 Å². The number of aromatic nitrogens is 2. The Morgan fingerprint density at radius 2 is 1.97 bits per heavy atom. The predicted octanol–water partition coefficient (Wildman–Crippen LogP) is 6.55. The van der Waals surface area contributed by atoms with Crippen molar-refractivity contribution >= 4 is 40.2 Å². The number of benzene rings is 2. The Kier molecular flexibility index (Phi) is 6.35. The molecule has 0 fully saturated rings. The molecule has 0 aliphatic heterocycles. The van der Waals surface area contributed by atoms with Crippen LogP contribution in [0.1, 0.15) is 23.7 Å². The van der Waals surface area contributed by atoms with Crippen molar-refractivity contribution in [2.75, 3.05) is 6.61 Å². The highest BCUT2D eigenvalue weighted by molar-refractivity contribution is 7.99. The second-order valence-corrected chi connectivity index (χ2v) is 8.88. The third-order valence-electron chi connectivity index (χ3n) is 5.00. The van der Waals surface area contributed by atoms with E-state index in [1.54, 1.807) is 11.8 Å². The van der Waals surface area contributed by atoms with Crippen molar-refractivity contribution in [1.29, 1.82) is 0 Å². The van der Waals surface area contributed by atoms with Crippen LogP contribution in [0.3, 0.4) is 0 Å². The second-order valence-electron chi connectivity index (χ2n) is 7.36. The summed E-state index contributed by atoms with van der Waals surface area (Å²) in [5, 5.41) is 1.82. The quantitative estimate of drug-likeness (QED) is 0.312. The van der Waals surface area contributed by atoms with Gasteiger partial charge in [0.25, 0.3) is 0 Å². The van der Waals surface area contributed by atoms with Crippen LogP contribution in [-0.2, 0) is 16.0 Å². The Balaban J connectivity index is 1.77. The molecule has 2 aromatic heterocycles. The zero-order valence-corrected chi connectivity index (χ0v) is 19.3. The normalized spacial score (nSPS) is 11.1. The number of aryl methyl sites for hydroxylation is 1. The minimum absolute atomic E-state index is 0.209. The minimum atomic E-state index is -0.209. The van der Waals surface area contributed by atoms with Gasteiger partial charge in [0, 0.05) is 32.1 Å². The molecule has 0 saturated carbocycles. The average molecular weight is 451 g/mol. The number of nitrogens with zero attached hydrogens (tertiary/aromatic N) is 2. The predicted molar refractivity (Wildman–Crippen MR) is 126 cm³/mol. The van der Waals surface area contributed by atoms with E-state index in [0.29, 0.717) is 11.6 Å². The molecule has 31 heavy (non-hydrogen) atoms. The number of halogens is 1. The van der Waals surface area contributed by atoms with Crippen LogP contribution in [-0.4, -0.2) is 22.1 Å². The van der Waals surface area contributed by atoms with Crippen molar-refractivity contribution in [3.8, 4) is 5.69 Å². The summed E-state index contributed by atoms with van der Waals surface area (Å²) < 4.78 is 7.29. The van der Waals surface area contributed by atoms with Crippen LogP contribution < -0.4 is 0 Å². The van der Waals surface area contributed by atoms with Crippen molar-refractivity contribution < 1.29 is 9.53 Å². The van der Waals surface area contributed by atoms with Gasteiger partial charge in [-0.25, -0.2) is 0 Å². The summed E-state index contributed by atoms with van der Waals surface area (Å²) in [5.74, 6) is -0.209. The standard InChI is InChI=1S/C25H23ClN2O2S/c1-4-30-24(29)12-18-6-5-7-21(11-18)31-25-17(3)28(20-10-16(2)14-27-15-20)23-13-19(26)8-9-22(23)25/h5-11,13-15H,4,12H2,1-3H3. The Morgan fingerprint density at radius 1 is 1.13 bits per heavy atom. The first-order chi connectivity index (χ1) is 15.0. The van der Waals surface area contributed by atoms with Gasteiger partial charge in [0.1, 0.15) is 0 Å². The fourth-order valence-electron chi connectivity index (χ4n) is 3.70. The molecular formula is C25H23ClN2O2S. The Bertz CT molecular complexity index is 1270. The van der Waals surface area contributed by atoms with Crippen molar-refractivity contribution in [1.82, 2.24) is 9.55 Å². The van der Waals surface area contributed by atoms with E-state index in [-0.39, 0.29) is 12.4 Å². The van der Waals surface area contributed by atoms with Crippen LogP contribution in [0.15, 0.2) is 70.7 Å². The van der Waals surface area contributed by atoms with E-state index in [9.17, 15) is 4.79 Å². The molecule has 0 aliphatic rings. The molecule has 0 radical (unpaired) electrons. The Hall–Kier alpha value is -2.76. The van der Waals surface area contributed by atoms with Crippen LogP contribution in [0.4, 0.5) is 0 Å². The van der Waals surface area contributed by atoms with E-state index >= 15 is 0 Å². The summed E-state index contributed by atoms with van der Waals surface area (Å²) in [6, 6.07) is 16.1. The molecular weight excluding hydrogens is 428 g/mol. The lowest BCUT2D eigenvalue weighted by Gasteiger charge is -2.09. The number of rotatable bonds is 6. The first-order valence-corrected chi connectivity index (χ1v) is 11.3. The summed E-state index contributed by atoms with van der Waals surface area (Å²) in [4.78, 5) is 18.5. The number of pyridine rings is 1. The zero-order valence-electron chi connectivity index (χ0n) is 17.7. The smallest absolute Gasteiger partial charge is 0.310 e. The second kappa shape index (κ2) is 9.16. The number of hydrogen-bond donors (Lipinski definition) is 0. The fourth-order valence-corrected chi connectivity index (χ4v) is 4.98. The molecule has 0 aliphatic carbocycles. The van der Waals surface area contributed by atoms with Crippen molar-refractivity contribution in [2.24, 2.45) is 0 Å². The van der Waals surface area contributed by atoms with Crippen LogP contribution >= 0.6 is 23.4 Å². The molecule has 2 heterocycles. The van der Waals surface area contributed by atoms with Gasteiger partial charge in [0.2, 0.25) is 0 Å². The van der Waals surface area contributed by atoms with E-state index < -0.39 is 0 Å².